The summed E-state index contributed by atoms with van der Waals surface area (Å²) in [4.78, 5) is 22.9. The van der Waals surface area contributed by atoms with Gasteiger partial charge in [0.15, 0.2) is 0 Å². The molecule has 3 rings (SSSR count). The van der Waals surface area contributed by atoms with Crippen LogP contribution in [0.1, 0.15) is 29.8 Å². The number of benzene rings is 1. The van der Waals surface area contributed by atoms with Crippen LogP contribution in [0.3, 0.4) is 0 Å². The molecule has 1 fully saturated rings. The number of fused-ring (bicyclic) bond motifs is 1. The molecule has 1 heterocycles. The Balaban J connectivity index is 1.84. The molecule has 0 unspecified atom stereocenters. The molecular formula is C15H13F2NO4. The van der Waals surface area contributed by atoms with Crippen molar-refractivity contribution in [3.63, 3.8) is 0 Å². The minimum atomic E-state index is -2.70. The summed E-state index contributed by atoms with van der Waals surface area (Å²) in [6.45, 7) is 0. The summed E-state index contributed by atoms with van der Waals surface area (Å²) < 4.78 is 31.3. The highest BCUT2D eigenvalue weighted by Crippen LogP contribution is 2.46. The SMILES string of the molecule is O=C(O)c1cc2cc(NC(=O)C3(C(F)F)CCC3)ccc2o1. The van der Waals surface area contributed by atoms with Crippen molar-refractivity contribution >= 4 is 28.5 Å². The van der Waals surface area contributed by atoms with Gasteiger partial charge < -0.3 is 14.8 Å². The number of furan rings is 1. The highest BCUT2D eigenvalue weighted by atomic mass is 19.3. The van der Waals surface area contributed by atoms with E-state index in [1.54, 1.807) is 0 Å². The summed E-state index contributed by atoms with van der Waals surface area (Å²) in [5.74, 6) is -2.12. The number of amides is 1. The molecule has 0 bridgehead atoms. The van der Waals surface area contributed by atoms with Crippen molar-refractivity contribution in [3.8, 4) is 0 Å². The summed E-state index contributed by atoms with van der Waals surface area (Å²) in [6, 6.07) is 5.81. The van der Waals surface area contributed by atoms with Crippen LogP contribution in [0.5, 0.6) is 0 Å². The summed E-state index contributed by atoms with van der Waals surface area (Å²) in [5.41, 5.74) is -0.915. The van der Waals surface area contributed by atoms with Gasteiger partial charge in [-0.3, -0.25) is 4.79 Å². The number of carbonyl (C=O) groups is 2. The Hall–Kier alpha value is -2.44. The Bertz CT molecular complexity index is 749. The number of alkyl halides is 2. The fourth-order valence-electron chi connectivity index (χ4n) is 2.58. The van der Waals surface area contributed by atoms with Crippen molar-refractivity contribution < 1.29 is 27.9 Å². The normalized spacial score (nSPS) is 16.5. The molecule has 0 atom stereocenters. The summed E-state index contributed by atoms with van der Waals surface area (Å²) in [6.07, 6.45) is -1.74. The minimum absolute atomic E-state index is 0.174. The second kappa shape index (κ2) is 5.08. The highest BCUT2D eigenvalue weighted by Gasteiger charge is 2.51. The van der Waals surface area contributed by atoms with Gasteiger partial charge in [-0.25, -0.2) is 13.6 Å². The van der Waals surface area contributed by atoms with Gasteiger partial charge in [0, 0.05) is 11.1 Å². The van der Waals surface area contributed by atoms with Gasteiger partial charge in [0.2, 0.25) is 11.7 Å². The number of rotatable bonds is 4. The zero-order chi connectivity index (χ0) is 15.9. The summed E-state index contributed by atoms with van der Waals surface area (Å²) >= 11 is 0. The van der Waals surface area contributed by atoms with E-state index in [-0.39, 0.29) is 18.6 Å². The number of anilines is 1. The van der Waals surface area contributed by atoms with Crippen molar-refractivity contribution in [3.05, 3.63) is 30.0 Å². The minimum Gasteiger partial charge on any atom is -0.475 e. The lowest BCUT2D eigenvalue weighted by Gasteiger charge is -2.39. The number of halogens is 2. The van der Waals surface area contributed by atoms with Crippen molar-refractivity contribution in [2.75, 3.05) is 5.32 Å². The van der Waals surface area contributed by atoms with Gasteiger partial charge in [-0.05, 0) is 37.1 Å². The molecule has 0 aliphatic heterocycles. The van der Waals surface area contributed by atoms with Crippen LogP contribution in [-0.2, 0) is 4.79 Å². The van der Waals surface area contributed by atoms with Crippen LogP contribution in [0, 0.1) is 5.41 Å². The molecule has 0 saturated heterocycles. The Morgan fingerprint density at radius 2 is 2.00 bits per heavy atom. The molecule has 5 nitrogen and oxygen atoms in total. The van der Waals surface area contributed by atoms with E-state index in [2.05, 4.69) is 5.32 Å². The summed E-state index contributed by atoms with van der Waals surface area (Å²) in [5, 5.41) is 11.8. The zero-order valence-corrected chi connectivity index (χ0v) is 11.4. The molecule has 116 valence electrons. The van der Waals surface area contributed by atoms with Gasteiger partial charge >= 0.3 is 5.97 Å². The molecule has 1 aliphatic carbocycles. The number of carboxylic acid groups (broad SMARTS) is 1. The van der Waals surface area contributed by atoms with E-state index < -0.39 is 23.7 Å². The maximum Gasteiger partial charge on any atom is 0.371 e. The van der Waals surface area contributed by atoms with Crippen molar-refractivity contribution in [1.82, 2.24) is 0 Å². The van der Waals surface area contributed by atoms with Crippen LogP contribution in [0.15, 0.2) is 28.7 Å². The van der Waals surface area contributed by atoms with E-state index in [0.29, 0.717) is 23.1 Å². The number of carbonyl (C=O) groups excluding carboxylic acids is 1. The third-order valence-corrected chi connectivity index (χ3v) is 4.10. The highest BCUT2D eigenvalue weighted by molar-refractivity contribution is 5.98. The molecule has 1 amide bonds. The lowest BCUT2D eigenvalue weighted by atomic mass is 9.68. The fraction of sp³-hybridized carbons (Fsp3) is 0.333. The standard InChI is InChI=1S/C15H13F2NO4/c16-13(17)15(4-1-5-15)14(21)18-9-2-3-10-8(6-9)7-11(22-10)12(19)20/h2-3,6-7,13H,1,4-5H2,(H,18,21)(H,19,20). The molecule has 1 aromatic carbocycles. The maximum atomic E-state index is 13.1. The first-order chi connectivity index (χ1) is 10.4. The molecule has 0 radical (unpaired) electrons. The first-order valence-corrected chi connectivity index (χ1v) is 6.79. The van der Waals surface area contributed by atoms with E-state index in [0.717, 1.165) is 0 Å². The first kappa shape index (κ1) is 14.5. The lowest BCUT2D eigenvalue weighted by Crippen LogP contribution is -2.47. The molecule has 2 aromatic rings. The topological polar surface area (TPSA) is 79.5 Å². The van der Waals surface area contributed by atoms with Crippen LogP contribution in [0.2, 0.25) is 0 Å². The van der Waals surface area contributed by atoms with E-state index in [9.17, 15) is 18.4 Å². The van der Waals surface area contributed by atoms with Crippen LogP contribution >= 0.6 is 0 Å². The third-order valence-electron chi connectivity index (χ3n) is 4.10. The molecule has 7 heteroatoms. The average molecular weight is 309 g/mol. The lowest BCUT2D eigenvalue weighted by molar-refractivity contribution is -0.144. The van der Waals surface area contributed by atoms with Crippen LogP contribution in [-0.4, -0.2) is 23.4 Å². The van der Waals surface area contributed by atoms with Crippen molar-refractivity contribution in [2.24, 2.45) is 5.41 Å². The number of aromatic carboxylic acids is 1. The van der Waals surface area contributed by atoms with Crippen LogP contribution in [0.4, 0.5) is 14.5 Å². The predicted molar refractivity (Wildman–Crippen MR) is 74.1 cm³/mol. The summed E-state index contributed by atoms with van der Waals surface area (Å²) in [7, 11) is 0. The molecule has 1 aromatic heterocycles. The third kappa shape index (κ3) is 2.22. The quantitative estimate of drug-likeness (QED) is 0.906. The molecule has 0 spiro atoms. The second-order valence-electron chi connectivity index (χ2n) is 5.43. The molecular weight excluding hydrogens is 296 g/mol. The van der Waals surface area contributed by atoms with E-state index in [1.807, 2.05) is 0 Å². The smallest absolute Gasteiger partial charge is 0.371 e. The first-order valence-electron chi connectivity index (χ1n) is 6.79. The van der Waals surface area contributed by atoms with Gasteiger partial charge in [-0.1, -0.05) is 6.42 Å². The average Bonchev–Trinajstić information content (AvgIpc) is 2.80. The van der Waals surface area contributed by atoms with Gasteiger partial charge in [0.25, 0.3) is 6.43 Å². The van der Waals surface area contributed by atoms with Crippen molar-refractivity contribution in [2.45, 2.75) is 25.7 Å². The zero-order valence-electron chi connectivity index (χ0n) is 11.4. The second-order valence-corrected chi connectivity index (χ2v) is 5.43. The predicted octanol–water partition coefficient (Wildman–Crippen LogP) is 3.50. The maximum absolute atomic E-state index is 13.1. The van der Waals surface area contributed by atoms with Gasteiger partial charge in [0.1, 0.15) is 11.0 Å². The van der Waals surface area contributed by atoms with Gasteiger partial charge in [0.05, 0.1) is 0 Å². The number of carboxylic acids is 1. The van der Waals surface area contributed by atoms with E-state index in [4.69, 9.17) is 9.52 Å². The fourth-order valence-corrected chi connectivity index (χ4v) is 2.58. The Morgan fingerprint density at radius 3 is 2.55 bits per heavy atom. The van der Waals surface area contributed by atoms with Crippen LogP contribution < -0.4 is 5.32 Å². The molecule has 22 heavy (non-hydrogen) atoms. The monoisotopic (exact) mass is 309 g/mol. The molecule has 1 aliphatic rings. The molecule has 2 N–H and O–H groups in total. The number of hydrogen-bond donors (Lipinski definition) is 2. The number of hydrogen-bond acceptors (Lipinski definition) is 3. The van der Waals surface area contributed by atoms with Crippen LogP contribution in [0.25, 0.3) is 11.0 Å². The molecule has 1 saturated carbocycles. The van der Waals surface area contributed by atoms with Gasteiger partial charge in [-0.15, -0.1) is 0 Å². The Labute approximate surface area is 123 Å². The van der Waals surface area contributed by atoms with Crippen molar-refractivity contribution in [1.29, 1.82) is 0 Å². The van der Waals surface area contributed by atoms with E-state index >= 15 is 0 Å². The largest absolute Gasteiger partial charge is 0.475 e. The van der Waals surface area contributed by atoms with Gasteiger partial charge in [-0.2, -0.15) is 0 Å². The Kier molecular flexibility index (Phi) is 3.35. The Morgan fingerprint density at radius 1 is 1.27 bits per heavy atom. The number of nitrogens with one attached hydrogen (secondary N) is 1. The van der Waals surface area contributed by atoms with E-state index in [1.165, 1.54) is 24.3 Å².